The molecule has 0 heterocycles. The number of nitro benzene ring substituents is 1. The molecule has 0 spiro atoms. The zero-order valence-corrected chi connectivity index (χ0v) is 13.3. The second kappa shape index (κ2) is 7.74. The lowest BCUT2D eigenvalue weighted by Crippen LogP contribution is -2.30. The number of carbonyl (C=O) groups excluding carboxylic acids is 1. The van der Waals surface area contributed by atoms with E-state index in [-0.39, 0.29) is 22.7 Å². The van der Waals surface area contributed by atoms with Gasteiger partial charge in [0.05, 0.1) is 10.6 Å². The molecule has 22 heavy (non-hydrogen) atoms. The van der Waals surface area contributed by atoms with Crippen LogP contribution in [0.15, 0.2) is 23.1 Å². The molecule has 0 bridgehead atoms. The molecule has 1 aromatic carbocycles. The van der Waals surface area contributed by atoms with Gasteiger partial charge < -0.3 is 5.32 Å². The number of hydrogen-bond donors (Lipinski definition) is 2. The molecule has 0 fully saturated rings. The highest BCUT2D eigenvalue weighted by molar-refractivity contribution is 7.90. The van der Waals surface area contributed by atoms with Crippen molar-refractivity contribution in [3.63, 3.8) is 0 Å². The number of sulfonamides is 1. The topological polar surface area (TPSA) is 118 Å². The molecule has 1 amide bonds. The van der Waals surface area contributed by atoms with Crippen LogP contribution >= 0.6 is 0 Å². The molecule has 0 aliphatic carbocycles. The number of nitrogens with zero attached hydrogens (tertiary/aromatic N) is 1. The average Bonchev–Trinajstić information content (AvgIpc) is 2.44. The molecule has 0 unspecified atom stereocenters. The number of carbonyl (C=O) groups is 1. The number of rotatable bonds is 8. The van der Waals surface area contributed by atoms with E-state index in [4.69, 9.17) is 0 Å². The Bertz CT molecular complexity index is 658. The van der Waals surface area contributed by atoms with Crippen LogP contribution in [0.3, 0.4) is 0 Å². The van der Waals surface area contributed by atoms with Crippen molar-refractivity contribution in [3.05, 3.63) is 28.3 Å². The first kappa shape index (κ1) is 17.9. The lowest BCUT2D eigenvalue weighted by atomic mass is 10.2. The zero-order chi connectivity index (χ0) is 16.8. The Morgan fingerprint density at radius 2 is 1.95 bits per heavy atom. The molecule has 0 aliphatic heterocycles. The lowest BCUT2D eigenvalue weighted by molar-refractivity contribution is -0.384. The van der Waals surface area contributed by atoms with Crippen LogP contribution in [0.2, 0.25) is 0 Å². The van der Waals surface area contributed by atoms with E-state index in [1.807, 2.05) is 11.6 Å². The van der Waals surface area contributed by atoms with Crippen molar-refractivity contribution in [1.82, 2.24) is 4.72 Å². The Balaban J connectivity index is 3.20. The van der Waals surface area contributed by atoms with Gasteiger partial charge in [0.2, 0.25) is 5.91 Å². The summed E-state index contributed by atoms with van der Waals surface area (Å²) in [5, 5.41) is 13.6. The summed E-state index contributed by atoms with van der Waals surface area (Å²) in [6.45, 7) is 4.08. The molecular formula is C13H19N3O5S. The van der Waals surface area contributed by atoms with E-state index in [0.29, 0.717) is 19.4 Å². The normalized spacial score (nSPS) is 11.0. The van der Waals surface area contributed by atoms with E-state index < -0.39 is 20.9 Å². The number of non-ortho nitro benzene ring substituents is 1. The standard InChI is InChI=1S/C13H19N3O5S/c1-3-5-13(17)15-22(20,21)12-7-6-10(16(18)19)9-11(12)14-8-4-2/h6-7,9,14H,3-5,8H2,1-2H3,(H,15,17). The number of amides is 1. The summed E-state index contributed by atoms with van der Waals surface area (Å²) < 4.78 is 26.4. The number of hydrogen-bond acceptors (Lipinski definition) is 6. The molecule has 1 aromatic rings. The molecule has 2 N–H and O–H groups in total. The zero-order valence-electron chi connectivity index (χ0n) is 12.5. The van der Waals surface area contributed by atoms with E-state index in [1.165, 1.54) is 0 Å². The van der Waals surface area contributed by atoms with Crippen molar-refractivity contribution >= 4 is 27.3 Å². The molecule has 0 radical (unpaired) electrons. The summed E-state index contributed by atoms with van der Waals surface area (Å²) in [5.41, 5.74) is -0.120. The largest absolute Gasteiger partial charge is 0.384 e. The number of nitrogens with one attached hydrogen (secondary N) is 2. The quantitative estimate of drug-likeness (QED) is 0.556. The summed E-state index contributed by atoms with van der Waals surface area (Å²) >= 11 is 0. The predicted molar refractivity (Wildman–Crippen MR) is 82.1 cm³/mol. The van der Waals surface area contributed by atoms with Crippen LogP contribution in [-0.2, 0) is 14.8 Å². The first-order valence-electron chi connectivity index (χ1n) is 6.89. The van der Waals surface area contributed by atoms with Crippen LogP contribution in [0, 0.1) is 10.1 Å². The van der Waals surface area contributed by atoms with Gasteiger partial charge in [-0.05, 0) is 18.9 Å². The SMILES string of the molecule is CCCNc1cc([N+](=O)[O-])ccc1S(=O)(=O)NC(=O)CCC. The molecule has 8 nitrogen and oxygen atoms in total. The maximum atomic E-state index is 12.2. The highest BCUT2D eigenvalue weighted by atomic mass is 32.2. The minimum Gasteiger partial charge on any atom is -0.384 e. The first-order chi connectivity index (χ1) is 10.3. The van der Waals surface area contributed by atoms with Crippen molar-refractivity contribution in [2.45, 2.75) is 38.0 Å². The van der Waals surface area contributed by atoms with Gasteiger partial charge in [-0.25, -0.2) is 13.1 Å². The molecule has 1 rings (SSSR count). The minimum atomic E-state index is -4.07. The van der Waals surface area contributed by atoms with Crippen molar-refractivity contribution in [2.75, 3.05) is 11.9 Å². The third-order valence-corrected chi connectivity index (χ3v) is 4.19. The molecule has 9 heteroatoms. The van der Waals surface area contributed by atoms with Gasteiger partial charge in [0.25, 0.3) is 15.7 Å². The Hall–Kier alpha value is -2.16. The highest BCUT2D eigenvalue weighted by Crippen LogP contribution is 2.26. The van der Waals surface area contributed by atoms with Crippen LogP contribution in [0.5, 0.6) is 0 Å². The fourth-order valence-corrected chi connectivity index (χ4v) is 2.93. The second-order valence-corrected chi connectivity index (χ2v) is 6.29. The molecule has 0 aromatic heterocycles. The first-order valence-corrected chi connectivity index (χ1v) is 8.38. The van der Waals surface area contributed by atoms with Gasteiger partial charge in [-0.15, -0.1) is 0 Å². The maximum absolute atomic E-state index is 12.2. The summed E-state index contributed by atoms with van der Waals surface area (Å²) in [5.74, 6) is -0.609. The number of nitro groups is 1. The predicted octanol–water partition coefficient (Wildman–Crippen LogP) is 2.02. The third kappa shape index (κ3) is 4.69. The molecule has 0 saturated carbocycles. The average molecular weight is 329 g/mol. The summed E-state index contributed by atoms with van der Waals surface area (Å²) in [6, 6.07) is 3.36. The third-order valence-electron chi connectivity index (χ3n) is 2.75. The van der Waals surface area contributed by atoms with E-state index in [0.717, 1.165) is 18.2 Å². The van der Waals surface area contributed by atoms with E-state index in [2.05, 4.69) is 5.32 Å². The van der Waals surface area contributed by atoms with Gasteiger partial charge in [-0.1, -0.05) is 13.8 Å². The lowest BCUT2D eigenvalue weighted by Gasteiger charge is -2.12. The van der Waals surface area contributed by atoms with E-state index in [1.54, 1.807) is 6.92 Å². The van der Waals surface area contributed by atoms with Crippen molar-refractivity contribution in [3.8, 4) is 0 Å². The Kier molecular flexibility index (Phi) is 6.29. The minimum absolute atomic E-state index is 0.0872. The molecule has 0 saturated heterocycles. The molecule has 0 atom stereocenters. The van der Waals surface area contributed by atoms with Gasteiger partial charge in [0, 0.05) is 25.1 Å². The monoisotopic (exact) mass is 329 g/mol. The fraction of sp³-hybridized carbons (Fsp3) is 0.462. The Morgan fingerprint density at radius 1 is 1.27 bits per heavy atom. The summed E-state index contributed by atoms with van der Waals surface area (Å²) in [4.78, 5) is 21.5. The molecule has 0 aliphatic rings. The van der Waals surface area contributed by atoms with E-state index >= 15 is 0 Å². The van der Waals surface area contributed by atoms with Crippen LogP contribution in [-0.4, -0.2) is 25.8 Å². The summed E-state index contributed by atoms with van der Waals surface area (Å²) in [6.07, 6.45) is 1.32. The van der Waals surface area contributed by atoms with Crippen molar-refractivity contribution in [1.29, 1.82) is 0 Å². The van der Waals surface area contributed by atoms with Gasteiger partial charge in [-0.3, -0.25) is 14.9 Å². The smallest absolute Gasteiger partial charge is 0.271 e. The fourth-order valence-electron chi connectivity index (χ4n) is 1.75. The van der Waals surface area contributed by atoms with Gasteiger partial charge >= 0.3 is 0 Å². The van der Waals surface area contributed by atoms with Gasteiger partial charge in [-0.2, -0.15) is 0 Å². The van der Waals surface area contributed by atoms with E-state index in [9.17, 15) is 23.3 Å². The number of benzene rings is 1. The Labute approximate surface area is 129 Å². The van der Waals surface area contributed by atoms with Gasteiger partial charge in [0.15, 0.2) is 0 Å². The maximum Gasteiger partial charge on any atom is 0.271 e. The van der Waals surface area contributed by atoms with Crippen molar-refractivity contribution in [2.24, 2.45) is 0 Å². The van der Waals surface area contributed by atoms with Gasteiger partial charge in [0.1, 0.15) is 4.90 Å². The van der Waals surface area contributed by atoms with Crippen LogP contribution in [0.4, 0.5) is 11.4 Å². The van der Waals surface area contributed by atoms with Crippen LogP contribution in [0.25, 0.3) is 0 Å². The Morgan fingerprint density at radius 3 is 2.50 bits per heavy atom. The summed E-state index contributed by atoms with van der Waals surface area (Å²) in [7, 11) is -4.07. The highest BCUT2D eigenvalue weighted by Gasteiger charge is 2.23. The molecular weight excluding hydrogens is 310 g/mol. The molecule has 122 valence electrons. The van der Waals surface area contributed by atoms with Crippen molar-refractivity contribution < 1.29 is 18.1 Å². The van der Waals surface area contributed by atoms with Crippen LogP contribution in [0.1, 0.15) is 33.1 Å². The second-order valence-electron chi connectivity index (χ2n) is 4.64. The number of anilines is 1. The van der Waals surface area contributed by atoms with Crippen LogP contribution < -0.4 is 10.0 Å².